The molecule has 2 saturated heterocycles. The zero-order valence-corrected chi connectivity index (χ0v) is 16.2. The third kappa shape index (κ3) is 4.25. The van der Waals surface area contributed by atoms with Gasteiger partial charge >= 0.3 is 0 Å². The number of aromatic nitrogens is 4. The largest absolute Gasteiger partial charge is 0.381 e. The zero-order valence-electron chi connectivity index (χ0n) is 16.2. The molecule has 0 N–H and O–H groups in total. The van der Waals surface area contributed by atoms with Crippen molar-refractivity contribution in [3.05, 3.63) is 29.9 Å². The van der Waals surface area contributed by atoms with Crippen molar-refractivity contribution in [2.45, 2.75) is 38.1 Å². The second kappa shape index (κ2) is 8.83. The van der Waals surface area contributed by atoms with Gasteiger partial charge in [0.25, 0.3) is 5.91 Å². The predicted octanol–water partition coefficient (Wildman–Crippen LogP) is 1.77. The van der Waals surface area contributed by atoms with E-state index < -0.39 is 0 Å². The fourth-order valence-corrected chi connectivity index (χ4v) is 3.80. The number of imidazole rings is 1. The molecule has 1 atom stereocenters. The molecule has 1 unspecified atom stereocenters. The van der Waals surface area contributed by atoms with Crippen molar-refractivity contribution in [3.8, 4) is 0 Å². The molecule has 4 heterocycles. The number of amides is 1. The number of ether oxygens (including phenoxy) is 2. The minimum Gasteiger partial charge on any atom is -0.381 e. The fourth-order valence-electron chi connectivity index (χ4n) is 3.80. The fraction of sp³-hybridized carbons (Fsp3) is 0.684. The van der Waals surface area contributed by atoms with Crippen molar-refractivity contribution >= 4 is 5.91 Å². The maximum atomic E-state index is 12.8. The van der Waals surface area contributed by atoms with E-state index >= 15 is 0 Å². The van der Waals surface area contributed by atoms with Crippen molar-refractivity contribution in [1.29, 1.82) is 0 Å². The van der Waals surface area contributed by atoms with E-state index in [-0.39, 0.29) is 11.9 Å². The Morgan fingerprint density at radius 3 is 2.96 bits per heavy atom. The highest BCUT2D eigenvalue weighted by molar-refractivity contribution is 5.91. The van der Waals surface area contributed by atoms with Crippen LogP contribution in [0.4, 0.5) is 0 Å². The summed E-state index contributed by atoms with van der Waals surface area (Å²) in [5.41, 5.74) is 0. The van der Waals surface area contributed by atoms with E-state index in [2.05, 4.69) is 15.1 Å². The van der Waals surface area contributed by atoms with Gasteiger partial charge in [-0.3, -0.25) is 4.79 Å². The molecular formula is C19H27N5O4. The van der Waals surface area contributed by atoms with E-state index in [9.17, 15) is 4.79 Å². The van der Waals surface area contributed by atoms with Crippen LogP contribution in [0, 0.1) is 5.92 Å². The number of likely N-dealkylation sites (tertiary alicyclic amines) is 1. The highest BCUT2D eigenvalue weighted by Gasteiger charge is 2.35. The number of carbonyl (C=O) groups excluding carboxylic acids is 1. The highest BCUT2D eigenvalue weighted by atomic mass is 16.5. The summed E-state index contributed by atoms with van der Waals surface area (Å²) in [4.78, 5) is 23.3. The van der Waals surface area contributed by atoms with Gasteiger partial charge in [-0.25, -0.2) is 4.98 Å². The molecule has 2 aromatic heterocycles. The monoisotopic (exact) mass is 389 g/mol. The molecule has 0 spiro atoms. The van der Waals surface area contributed by atoms with Crippen molar-refractivity contribution in [2.24, 2.45) is 13.0 Å². The van der Waals surface area contributed by atoms with Crippen LogP contribution in [-0.2, 0) is 22.9 Å². The van der Waals surface area contributed by atoms with Crippen LogP contribution in [0.2, 0.25) is 0 Å². The highest BCUT2D eigenvalue weighted by Crippen LogP contribution is 2.32. The number of hydrogen-bond donors (Lipinski definition) is 0. The van der Waals surface area contributed by atoms with Crippen LogP contribution in [0.3, 0.4) is 0 Å². The van der Waals surface area contributed by atoms with Crippen LogP contribution >= 0.6 is 0 Å². The zero-order chi connectivity index (χ0) is 19.3. The van der Waals surface area contributed by atoms with E-state index in [0.717, 1.165) is 45.5 Å². The number of rotatable bonds is 7. The van der Waals surface area contributed by atoms with Crippen LogP contribution in [0.15, 0.2) is 16.9 Å². The van der Waals surface area contributed by atoms with Crippen LogP contribution in [0.5, 0.6) is 0 Å². The lowest BCUT2D eigenvalue weighted by Gasteiger charge is -2.21. The maximum Gasteiger partial charge on any atom is 0.290 e. The molecule has 2 aromatic rings. The summed E-state index contributed by atoms with van der Waals surface area (Å²) in [7, 11) is 1.82. The summed E-state index contributed by atoms with van der Waals surface area (Å²) in [6.45, 7) is 3.65. The van der Waals surface area contributed by atoms with E-state index in [1.807, 2.05) is 7.05 Å². The average Bonchev–Trinajstić information content (AvgIpc) is 3.46. The van der Waals surface area contributed by atoms with Crippen molar-refractivity contribution in [2.75, 3.05) is 33.0 Å². The summed E-state index contributed by atoms with van der Waals surface area (Å²) in [6, 6.07) is -0.186. The number of hydrogen-bond acceptors (Lipinski definition) is 7. The lowest BCUT2D eigenvalue weighted by molar-refractivity contribution is 0.0211. The molecule has 0 bridgehead atoms. The topological polar surface area (TPSA) is 95.5 Å². The Kier molecular flexibility index (Phi) is 6.01. The van der Waals surface area contributed by atoms with Crippen LogP contribution in [-0.4, -0.2) is 63.5 Å². The molecule has 0 aromatic carbocycles. The predicted molar refractivity (Wildman–Crippen MR) is 98.6 cm³/mol. The lowest BCUT2D eigenvalue weighted by Crippen LogP contribution is -2.32. The van der Waals surface area contributed by atoms with Crippen molar-refractivity contribution < 1.29 is 18.8 Å². The van der Waals surface area contributed by atoms with Gasteiger partial charge in [-0.05, 0) is 31.6 Å². The van der Waals surface area contributed by atoms with Crippen LogP contribution < -0.4 is 0 Å². The molecule has 152 valence electrons. The van der Waals surface area contributed by atoms with Gasteiger partial charge in [0.1, 0.15) is 6.04 Å². The molecule has 2 aliphatic heterocycles. The third-order valence-corrected chi connectivity index (χ3v) is 5.46. The Labute approximate surface area is 164 Å². The molecule has 9 heteroatoms. The summed E-state index contributed by atoms with van der Waals surface area (Å²) in [5.74, 6) is 2.03. The van der Waals surface area contributed by atoms with Gasteiger partial charge in [0.2, 0.25) is 5.89 Å². The van der Waals surface area contributed by atoms with Crippen molar-refractivity contribution in [1.82, 2.24) is 24.6 Å². The molecule has 2 fully saturated rings. The lowest BCUT2D eigenvalue weighted by atomic mass is 10.0. The number of nitrogens with zero attached hydrogens (tertiary/aromatic N) is 5. The first kappa shape index (κ1) is 19.1. The minimum atomic E-state index is -0.186. The summed E-state index contributed by atoms with van der Waals surface area (Å²) in [5, 5.41) is 4.07. The van der Waals surface area contributed by atoms with Gasteiger partial charge in [0.05, 0.1) is 6.61 Å². The van der Waals surface area contributed by atoms with Gasteiger partial charge in [-0.1, -0.05) is 5.16 Å². The Morgan fingerprint density at radius 2 is 2.18 bits per heavy atom. The second-order valence-electron chi connectivity index (χ2n) is 7.45. The van der Waals surface area contributed by atoms with E-state index in [0.29, 0.717) is 43.0 Å². The quantitative estimate of drug-likeness (QED) is 0.666. The maximum absolute atomic E-state index is 12.8. The Morgan fingerprint density at radius 1 is 1.32 bits per heavy atom. The Bertz CT molecular complexity index is 783. The normalized spacial score (nSPS) is 20.8. The standard InChI is InChI=1S/C19H27N5O4/c1-23-9-7-20-17(23)19(25)24-8-2-3-15(24)18-21-16(22-28-18)6-12-27-13-14-4-10-26-11-5-14/h7,9,14-15H,2-6,8,10-13H2,1H3. The first-order chi connectivity index (χ1) is 13.7. The molecule has 9 nitrogen and oxygen atoms in total. The van der Waals surface area contributed by atoms with E-state index in [4.69, 9.17) is 14.0 Å². The van der Waals surface area contributed by atoms with Gasteiger partial charge in [-0.2, -0.15) is 4.98 Å². The van der Waals surface area contributed by atoms with E-state index in [1.165, 1.54) is 0 Å². The Balaban J connectivity index is 1.30. The first-order valence-electron chi connectivity index (χ1n) is 9.98. The summed E-state index contributed by atoms with van der Waals surface area (Å²) < 4.78 is 18.3. The third-order valence-electron chi connectivity index (χ3n) is 5.46. The van der Waals surface area contributed by atoms with Gasteiger partial charge in [-0.15, -0.1) is 0 Å². The van der Waals surface area contributed by atoms with Crippen molar-refractivity contribution in [3.63, 3.8) is 0 Å². The SMILES string of the molecule is Cn1ccnc1C(=O)N1CCCC1c1nc(CCOCC2CCOCC2)no1. The Hall–Kier alpha value is -2.26. The molecule has 0 saturated carbocycles. The molecule has 0 radical (unpaired) electrons. The van der Waals surface area contributed by atoms with E-state index in [1.54, 1.807) is 21.9 Å². The summed E-state index contributed by atoms with van der Waals surface area (Å²) in [6.07, 6.45) is 7.85. The molecule has 28 heavy (non-hydrogen) atoms. The summed E-state index contributed by atoms with van der Waals surface area (Å²) >= 11 is 0. The molecule has 2 aliphatic rings. The molecule has 4 rings (SSSR count). The van der Waals surface area contributed by atoms with Crippen LogP contribution in [0.1, 0.15) is 54.1 Å². The number of carbonyl (C=O) groups is 1. The first-order valence-corrected chi connectivity index (χ1v) is 9.98. The number of aryl methyl sites for hydroxylation is 1. The molecule has 1 amide bonds. The van der Waals surface area contributed by atoms with Crippen LogP contribution in [0.25, 0.3) is 0 Å². The van der Waals surface area contributed by atoms with Gasteiger partial charge < -0.3 is 23.5 Å². The molecular weight excluding hydrogens is 362 g/mol. The average molecular weight is 389 g/mol. The molecule has 0 aliphatic carbocycles. The minimum absolute atomic E-state index is 0.102. The van der Waals surface area contributed by atoms with Gasteiger partial charge in [0.15, 0.2) is 11.6 Å². The van der Waals surface area contributed by atoms with Gasteiger partial charge in [0, 0.05) is 52.2 Å². The second-order valence-corrected chi connectivity index (χ2v) is 7.45. The smallest absolute Gasteiger partial charge is 0.290 e.